The summed E-state index contributed by atoms with van der Waals surface area (Å²) >= 11 is 0. The van der Waals surface area contributed by atoms with E-state index in [1.54, 1.807) is 6.08 Å². The van der Waals surface area contributed by atoms with Gasteiger partial charge in [-0.05, 0) is 23.1 Å². The molecule has 0 aliphatic carbocycles. The fourth-order valence-electron chi connectivity index (χ4n) is 1.61. The molecule has 0 atom stereocenters. The van der Waals surface area contributed by atoms with Gasteiger partial charge in [0.15, 0.2) is 0 Å². The molecule has 1 rings (SSSR count). The van der Waals surface area contributed by atoms with Crippen LogP contribution in [-0.4, -0.2) is 18.2 Å². The van der Waals surface area contributed by atoms with Crippen molar-refractivity contribution < 1.29 is 19.1 Å². The Morgan fingerprint density at radius 1 is 1.00 bits per heavy atom. The van der Waals surface area contributed by atoms with E-state index in [4.69, 9.17) is 9.47 Å². The van der Waals surface area contributed by atoms with Crippen LogP contribution >= 0.6 is 0 Å². The van der Waals surface area contributed by atoms with Gasteiger partial charge in [-0.25, -0.2) is 0 Å². The Morgan fingerprint density at radius 2 is 1.50 bits per heavy atom. The van der Waals surface area contributed by atoms with E-state index >= 15 is 0 Å². The first kappa shape index (κ1) is 16.0. The van der Waals surface area contributed by atoms with Gasteiger partial charge in [0.1, 0.15) is 0 Å². The summed E-state index contributed by atoms with van der Waals surface area (Å²) in [5.41, 5.74) is 2.19. The molecule has 4 nitrogen and oxygen atoms in total. The van der Waals surface area contributed by atoms with E-state index < -0.39 is 18.2 Å². The van der Waals surface area contributed by atoms with Crippen molar-refractivity contribution in [3.8, 4) is 0 Å². The SMILES string of the molecule is CC(=O)OC(C=Cc1ccc(C(C)C)cc1)OC(C)=O. The quantitative estimate of drug-likeness (QED) is 0.611. The van der Waals surface area contributed by atoms with Crippen LogP contribution in [0.1, 0.15) is 44.7 Å². The van der Waals surface area contributed by atoms with Gasteiger partial charge in [0.05, 0.1) is 0 Å². The number of ether oxygens (including phenoxy) is 2. The molecule has 0 saturated carbocycles. The Hall–Kier alpha value is -2.10. The fourth-order valence-corrected chi connectivity index (χ4v) is 1.61. The predicted molar refractivity (Wildman–Crippen MR) is 76.9 cm³/mol. The second-order valence-electron chi connectivity index (χ2n) is 4.77. The standard InChI is InChI=1S/C16H20O4/c1-11(2)15-8-5-14(6-9-15)7-10-16(19-12(3)17)20-13(4)18/h5-11,16H,1-4H3. The van der Waals surface area contributed by atoms with E-state index in [0.717, 1.165) is 5.56 Å². The lowest BCUT2D eigenvalue weighted by Gasteiger charge is -2.12. The molecule has 0 bridgehead atoms. The van der Waals surface area contributed by atoms with Crippen molar-refractivity contribution in [3.05, 3.63) is 41.5 Å². The van der Waals surface area contributed by atoms with Gasteiger partial charge in [-0.1, -0.05) is 44.2 Å². The maximum absolute atomic E-state index is 10.9. The molecule has 0 aromatic heterocycles. The number of benzene rings is 1. The van der Waals surface area contributed by atoms with E-state index in [-0.39, 0.29) is 0 Å². The Bertz CT molecular complexity index is 470. The molecule has 0 heterocycles. The van der Waals surface area contributed by atoms with Crippen LogP contribution in [0.2, 0.25) is 0 Å². The molecule has 0 unspecified atom stereocenters. The van der Waals surface area contributed by atoms with Crippen LogP contribution in [-0.2, 0) is 19.1 Å². The smallest absolute Gasteiger partial charge is 0.305 e. The van der Waals surface area contributed by atoms with Crippen LogP contribution in [0.25, 0.3) is 6.08 Å². The van der Waals surface area contributed by atoms with Crippen LogP contribution in [0.5, 0.6) is 0 Å². The van der Waals surface area contributed by atoms with Gasteiger partial charge in [-0.15, -0.1) is 0 Å². The van der Waals surface area contributed by atoms with Crippen molar-refractivity contribution in [2.75, 3.05) is 0 Å². The molecule has 4 heteroatoms. The molecule has 0 fully saturated rings. The van der Waals surface area contributed by atoms with Gasteiger partial charge in [-0.2, -0.15) is 0 Å². The van der Waals surface area contributed by atoms with Gasteiger partial charge in [0, 0.05) is 13.8 Å². The molecule has 0 aliphatic heterocycles. The number of hydrogen-bond donors (Lipinski definition) is 0. The average Bonchev–Trinajstić information content (AvgIpc) is 2.35. The predicted octanol–water partition coefficient (Wildman–Crippen LogP) is 3.28. The number of hydrogen-bond acceptors (Lipinski definition) is 4. The van der Waals surface area contributed by atoms with Gasteiger partial charge in [-0.3, -0.25) is 9.59 Å². The Balaban J connectivity index is 2.75. The maximum Gasteiger partial charge on any atom is 0.305 e. The first-order chi connectivity index (χ1) is 9.38. The summed E-state index contributed by atoms with van der Waals surface area (Å²) in [5, 5.41) is 0. The molecule has 1 aromatic rings. The summed E-state index contributed by atoms with van der Waals surface area (Å²) in [6, 6.07) is 8.00. The Labute approximate surface area is 119 Å². The average molecular weight is 276 g/mol. The fraction of sp³-hybridized carbons (Fsp3) is 0.375. The van der Waals surface area contributed by atoms with Crippen LogP contribution in [0, 0.1) is 0 Å². The third kappa shape index (κ3) is 5.69. The van der Waals surface area contributed by atoms with Crippen LogP contribution in [0.4, 0.5) is 0 Å². The van der Waals surface area contributed by atoms with Crippen molar-refractivity contribution in [2.24, 2.45) is 0 Å². The lowest BCUT2D eigenvalue weighted by atomic mass is 10.0. The van der Waals surface area contributed by atoms with E-state index in [2.05, 4.69) is 13.8 Å². The number of rotatable bonds is 5. The van der Waals surface area contributed by atoms with E-state index in [9.17, 15) is 9.59 Å². The molecule has 0 amide bonds. The molecular weight excluding hydrogens is 256 g/mol. The third-order valence-corrected chi connectivity index (χ3v) is 2.61. The van der Waals surface area contributed by atoms with Crippen LogP contribution in [0.3, 0.4) is 0 Å². The zero-order valence-corrected chi connectivity index (χ0v) is 12.3. The van der Waals surface area contributed by atoms with Gasteiger partial charge >= 0.3 is 11.9 Å². The maximum atomic E-state index is 10.9. The molecule has 20 heavy (non-hydrogen) atoms. The largest absolute Gasteiger partial charge is 0.421 e. The first-order valence-electron chi connectivity index (χ1n) is 6.51. The highest BCUT2D eigenvalue weighted by Crippen LogP contribution is 2.15. The van der Waals surface area contributed by atoms with Crippen LogP contribution in [0.15, 0.2) is 30.3 Å². The summed E-state index contributed by atoms with van der Waals surface area (Å²) in [4.78, 5) is 21.8. The lowest BCUT2D eigenvalue weighted by Crippen LogP contribution is -2.19. The Kier molecular flexibility index (Phi) is 5.97. The second kappa shape index (κ2) is 7.48. The van der Waals surface area contributed by atoms with E-state index in [0.29, 0.717) is 5.92 Å². The van der Waals surface area contributed by atoms with Crippen molar-refractivity contribution in [2.45, 2.75) is 39.9 Å². The number of carbonyl (C=O) groups excluding carboxylic acids is 2. The Morgan fingerprint density at radius 3 is 1.90 bits per heavy atom. The van der Waals surface area contributed by atoms with Crippen LogP contribution < -0.4 is 0 Å². The normalized spacial score (nSPS) is 11.1. The molecule has 108 valence electrons. The third-order valence-electron chi connectivity index (χ3n) is 2.61. The monoisotopic (exact) mass is 276 g/mol. The molecule has 0 saturated heterocycles. The zero-order chi connectivity index (χ0) is 15.1. The molecule has 0 N–H and O–H groups in total. The van der Waals surface area contributed by atoms with Crippen molar-refractivity contribution in [3.63, 3.8) is 0 Å². The van der Waals surface area contributed by atoms with Gasteiger partial charge in [0.25, 0.3) is 6.29 Å². The minimum Gasteiger partial charge on any atom is -0.421 e. The summed E-state index contributed by atoms with van der Waals surface area (Å²) in [7, 11) is 0. The number of carbonyl (C=O) groups is 2. The molecular formula is C16H20O4. The lowest BCUT2D eigenvalue weighted by molar-refractivity contribution is -0.176. The summed E-state index contributed by atoms with van der Waals surface area (Å²) in [6.45, 7) is 6.79. The highest BCUT2D eigenvalue weighted by Gasteiger charge is 2.10. The summed E-state index contributed by atoms with van der Waals surface area (Å²) in [6.07, 6.45) is 2.29. The van der Waals surface area contributed by atoms with E-state index in [1.165, 1.54) is 25.5 Å². The van der Waals surface area contributed by atoms with Gasteiger partial charge in [0.2, 0.25) is 0 Å². The topological polar surface area (TPSA) is 52.6 Å². The first-order valence-corrected chi connectivity index (χ1v) is 6.51. The number of esters is 2. The molecule has 0 spiro atoms. The molecule has 1 aromatic carbocycles. The van der Waals surface area contributed by atoms with Crippen molar-refractivity contribution in [1.29, 1.82) is 0 Å². The minimum absolute atomic E-state index is 0.475. The summed E-state index contributed by atoms with van der Waals surface area (Å²) in [5.74, 6) is -0.532. The van der Waals surface area contributed by atoms with Crippen molar-refractivity contribution >= 4 is 18.0 Å². The van der Waals surface area contributed by atoms with E-state index in [1.807, 2.05) is 24.3 Å². The highest BCUT2D eigenvalue weighted by molar-refractivity contribution is 5.68. The second-order valence-corrected chi connectivity index (χ2v) is 4.77. The molecule has 0 aliphatic rings. The van der Waals surface area contributed by atoms with Crippen molar-refractivity contribution in [1.82, 2.24) is 0 Å². The minimum atomic E-state index is -0.991. The molecule has 0 radical (unpaired) electrons. The van der Waals surface area contributed by atoms with Gasteiger partial charge < -0.3 is 9.47 Å². The zero-order valence-electron chi connectivity index (χ0n) is 12.3. The summed E-state index contributed by atoms with van der Waals surface area (Å²) < 4.78 is 9.75. The highest BCUT2D eigenvalue weighted by atomic mass is 16.7.